The van der Waals surface area contributed by atoms with Gasteiger partial charge in [0.15, 0.2) is 0 Å². The third kappa shape index (κ3) is 3.76. The van der Waals surface area contributed by atoms with E-state index in [0.717, 1.165) is 29.8 Å². The van der Waals surface area contributed by atoms with E-state index in [1.54, 1.807) is 12.1 Å². The van der Waals surface area contributed by atoms with E-state index in [2.05, 4.69) is 4.98 Å². The Bertz CT molecular complexity index is 790. The molecule has 4 nitrogen and oxygen atoms in total. The minimum absolute atomic E-state index is 0.182. The number of sulfonamides is 1. The predicted molar refractivity (Wildman–Crippen MR) is 87.0 cm³/mol. The molecule has 0 spiro atoms. The van der Waals surface area contributed by atoms with E-state index < -0.39 is 10.0 Å². The van der Waals surface area contributed by atoms with E-state index in [4.69, 9.17) is 0 Å². The van der Waals surface area contributed by atoms with Crippen LogP contribution in [0.25, 0.3) is 0 Å². The molecule has 2 aromatic rings. The number of aromatic nitrogens is 1. The maximum absolute atomic E-state index is 13.0. The van der Waals surface area contributed by atoms with Crippen molar-refractivity contribution in [1.82, 2.24) is 9.29 Å². The first-order valence-electron chi connectivity index (χ1n) is 7.60. The summed E-state index contributed by atoms with van der Waals surface area (Å²) in [7, 11) is -3.22. The molecule has 1 aromatic carbocycles. The molecule has 2 heterocycles. The van der Waals surface area contributed by atoms with Crippen molar-refractivity contribution in [3.05, 3.63) is 65.2 Å². The average molecular weight is 334 g/mol. The van der Waals surface area contributed by atoms with Gasteiger partial charge in [-0.1, -0.05) is 18.2 Å². The summed E-state index contributed by atoms with van der Waals surface area (Å²) in [5.74, 6) is -0.259. The molecular formula is C17H19FN2O2S. The minimum Gasteiger partial charge on any atom is -0.256 e. The fraction of sp³-hybridized carbons (Fsp3) is 0.353. The van der Waals surface area contributed by atoms with Crippen molar-refractivity contribution < 1.29 is 12.8 Å². The molecule has 1 aliphatic heterocycles. The number of benzene rings is 1. The van der Waals surface area contributed by atoms with Crippen LogP contribution in [0.4, 0.5) is 4.39 Å². The molecule has 1 fully saturated rings. The van der Waals surface area contributed by atoms with Crippen LogP contribution in [-0.4, -0.2) is 30.5 Å². The molecule has 122 valence electrons. The number of hydrogen-bond acceptors (Lipinski definition) is 3. The second-order valence-electron chi connectivity index (χ2n) is 5.89. The summed E-state index contributed by atoms with van der Waals surface area (Å²) in [6, 6.07) is 11.8. The molecule has 0 bridgehead atoms. The standard InChI is InChI=1S/C17H19FN2O2S/c1-23(21,22)20-11-3-6-17(20)16-5-2-4-15(19-16)12-13-7-9-14(18)10-8-13/h2,4-5,7-10,17H,3,6,11-12H2,1H3/t17-/m1/s1. The summed E-state index contributed by atoms with van der Waals surface area (Å²) in [5, 5.41) is 0. The summed E-state index contributed by atoms with van der Waals surface area (Å²) in [6.07, 6.45) is 3.48. The van der Waals surface area contributed by atoms with Crippen molar-refractivity contribution in [3.8, 4) is 0 Å². The highest BCUT2D eigenvalue weighted by Gasteiger charge is 2.33. The highest BCUT2D eigenvalue weighted by atomic mass is 32.2. The van der Waals surface area contributed by atoms with Crippen LogP contribution in [0.5, 0.6) is 0 Å². The number of rotatable bonds is 4. The lowest BCUT2D eigenvalue weighted by molar-refractivity contribution is 0.393. The first-order valence-corrected chi connectivity index (χ1v) is 9.45. The Labute approximate surface area is 136 Å². The van der Waals surface area contributed by atoms with Crippen molar-refractivity contribution >= 4 is 10.0 Å². The summed E-state index contributed by atoms with van der Waals surface area (Å²) in [5.41, 5.74) is 2.62. The van der Waals surface area contributed by atoms with Gasteiger partial charge in [-0.25, -0.2) is 12.8 Å². The highest BCUT2D eigenvalue weighted by Crippen LogP contribution is 2.32. The van der Waals surface area contributed by atoms with Crippen molar-refractivity contribution in [2.24, 2.45) is 0 Å². The molecule has 0 unspecified atom stereocenters. The van der Waals surface area contributed by atoms with Crippen molar-refractivity contribution in [2.75, 3.05) is 12.8 Å². The third-order valence-electron chi connectivity index (χ3n) is 4.10. The van der Waals surface area contributed by atoms with E-state index in [0.29, 0.717) is 13.0 Å². The number of nitrogens with zero attached hydrogens (tertiary/aromatic N) is 2. The molecule has 23 heavy (non-hydrogen) atoms. The zero-order valence-corrected chi connectivity index (χ0v) is 13.8. The SMILES string of the molecule is CS(=O)(=O)N1CCC[C@@H]1c1cccc(Cc2ccc(F)cc2)n1. The molecule has 1 aliphatic rings. The lowest BCUT2D eigenvalue weighted by atomic mass is 10.1. The highest BCUT2D eigenvalue weighted by molar-refractivity contribution is 7.88. The number of halogens is 1. The summed E-state index contributed by atoms with van der Waals surface area (Å²) in [6.45, 7) is 0.549. The average Bonchev–Trinajstić information content (AvgIpc) is 3.00. The Kier molecular flexibility index (Phi) is 4.46. The van der Waals surface area contributed by atoms with E-state index in [-0.39, 0.29) is 11.9 Å². The van der Waals surface area contributed by atoms with Crippen LogP contribution in [0.1, 0.15) is 35.8 Å². The molecule has 1 atom stereocenters. The summed E-state index contributed by atoms with van der Waals surface area (Å²) >= 11 is 0. The Balaban J connectivity index is 1.83. The largest absolute Gasteiger partial charge is 0.256 e. The Morgan fingerprint density at radius 2 is 1.96 bits per heavy atom. The third-order valence-corrected chi connectivity index (χ3v) is 5.39. The van der Waals surface area contributed by atoms with Crippen LogP contribution in [0.2, 0.25) is 0 Å². The monoisotopic (exact) mass is 334 g/mol. The Morgan fingerprint density at radius 3 is 2.65 bits per heavy atom. The van der Waals surface area contributed by atoms with Gasteiger partial charge in [0.1, 0.15) is 5.82 Å². The van der Waals surface area contributed by atoms with E-state index in [1.807, 2.05) is 18.2 Å². The Morgan fingerprint density at radius 1 is 1.22 bits per heavy atom. The molecule has 0 aliphatic carbocycles. The van der Waals surface area contributed by atoms with Gasteiger partial charge in [0, 0.05) is 18.7 Å². The van der Waals surface area contributed by atoms with Crippen LogP contribution in [0.15, 0.2) is 42.5 Å². The summed E-state index contributed by atoms with van der Waals surface area (Å²) < 4.78 is 38.3. The quantitative estimate of drug-likeness (QED) is 0.864. The number of pyridine rings is 1. The molecule has 0 radical (unpaired) electrons. The molecule has 3 rings (SSSR count). The van der Waals surface area contributed by atoms with E-state index >= 15 is 0 Å². The topological polar surface area (TPSA) is 50.3 Å². The molecule has 1 aromatic heterocycles. The lowest BCUT2D eigenvalue weighted by Gasteiger charge is -2.22. The van der Waals surface area contributed by atoms with Gasteiger partial charge in [-0.05, 0) is 42.7 Å². The molecule has 0 saturated carbocycles. The molecule has 0 N–H and O–H groups in total. The van der Waals surface area contributed by atoms with Crippen LogP contribution < -0.4 is 0 Å². The Hall–Kier alpha value is -1.79. The zero-order chi connectivity index (χ0) is 16.4. The second-order valence-corrected chi connectivity index (χ2v) is 7.82. The zero-order valence-electron chi connectivity index (χ0n) is 12.9. The van der Waals surface area contributed by atoms with Gasteiger partial charge in [0.2, 0.25) is 10.0 Å². The van der Waals surface area contributed by atoms with Crippen molar-refractivity contribution in [2.45, 2.75) is 25.3 Å². The minimum atomic E-state index is -3.22. The molecule has 0 amide bonds. The number of hydrogen-bond donors (Lipinski definition) is 0. The van der Waals surface area contributed by atoms with Gasteiger partial charge in [0.05, 0.1) is 18.0 Å². The smallest absolute Gasteiger partial charge is 0.211 e. The lowest BCUT2D eigenvalue weighted by Crippen LogP contribution is -2.30. The van der Waals surface area contributed by atoms with Crippen LogP contribution in [0, 0.1) is 5.82 Å². The van der Waals surface area contributed by atoms with Gasteiger partial charge in [-0.2, -0.15) is 4.31 Å². The van der Waals surface area contributed by atoms with Gasteiger partial charge >= 0.3 is 0 Å². The van der Waals surface area contributed by atoms with Crippen LogP contribution in [0.3, 0.4) is 0 Å². The molecular weight excluding hydrogens is 315 g/mol. The second kappa shape index (κ2) is 6.37. The first-order chi connectivity index (χ1) is 10.9. The van der Waals surface area contributed by atoms with Gasteiger partial charge in [0.25, 0.3) is 0 Å². The van der Waals surface area contributed by atoms with Gasteiger partial charge in [-0.3, -0.25) is 4.98 Å². The predicted octanol–water partition coefficient (Wildman–Crippen LogP) is 2.91. The van der Waals surface area contributed by atoms with E-state index in [1.165, 1.54) is 22.7 Å². The van der Waals surface area contributed by atoms with E-state index in [9.17, 15) is 12.8 Å². The molecule has 1 saturated heterocycles. The van der Waals surface area contributed by atoms with Gasteiger partial charge < -0.3 is 0 Å². The van der Waals surface area contributed by atoms with Crippen molar-refractivity contribution in [1.29, 1.82) is 0 Å². The fourth-order valence-corrected chi connectivity index (χ4v) is 4.16. The fourth-order valence-electron chi connectivity index (χ4n) is 3.03. The maximum Gasteiger partial charge on any atom is 0.211 e. The summed E-state index contributed by atoms with van der Waals surface area (Å²) in [4.78, 5) is 4.64. The molecule has 6 heteroatoms. The maximum atomic E-state index is 13.0. The first kappa shape index (κ1) is 16.1. The van der Waals surface area contributed by atoms with Crippen LogP contribution in [-0.2, 0) is 16.4 Å². The normalized spacial score (nSPS) is 19.1. The van der Waals surface area contributed by atoms with Crippen molar-refractivity contribution in [3.63, 3.8) is 0 Å². The van der Waals surface area contributed by atoms with Crippen LogP contribution >= 0.6 is 0 Å². The van der Waals surface area contributed by atoms with Gasteiger partial charge in [-0.15, -0.1) is 0 Å².